The molecule has 3 nitrogen and oxygen atoms in total. The van der Waals surface area contributed by atoms with E-state index in [4.69, 9.17) is 14.2 Å². The summed E-state index contributed by atoms with van der Waals surface area (Å²) in [6.45, 7) is 0.104. The first-order valence-electron chi connectivity index (χ1n) is 6.36. The van der Waals surface area contributed by atoms with E-state index < -0.39 is 5.82 Å². The average molecular weight is 355 g/mol. The van der Waals surface area contributed by atoms with Crippen molar-refractivity contribution in [1.29, 1.82) is 0 Å². The van der Waals surface area contributed by atoms with Gasteiger partial charge in [-0.05, 0) is 23.8 Å². The molecule has 0 bridgehead atoms. The maximum Gasteiger partial charge on any atom is 0.171 e. The van der Waals surface area contributed by atoms with Crippen LogP contribution in [0.3, 0.4) is 0 Å². The monoisotopic (exact) mass is 354 g/mol. The standard InChI is InChI=1S/C16H16BrFO3/c1-19-14-5-3-4-12(16(14)18)10-21-13-7-6-11(9-17)8-15(13)20-2/h3-8H,9-10H2,1-2H3. The molecule has 2 aromatic carbocycles. The lowest BCUT2D eigenvalue weighted by Crippen LogP contribution is -2.01. The van der Waals surface area contributed by atoms with Crippen molar-refractivity contribution in [3.05, 3.63) is 53.3 Å². The van der Waals surface area contributed by atoms with Crippen molar-refractivity contribution >= 4 is 15.9 Å². The fourth-order valence-corrected chi connectivity index (χ4v) is 2.24. The summed E-state index contributed by atoms with van der Waals surface area (Å²) in [7, 11) is 3.01. The van der Waals surface area contributed by atoms with Crippen molar-refractivity contribution < 1.29 is 18.6 Å². The zero-order chi connectivity index (χ0) is 15.2. The van der Waals surface area contributed by atoms with Crippen molar-refractivity contribution in [1.82, 2.24) is 0 Å². The maximum absolute atomic E-state index is 14.0. The highest BCUT2D eigenvalue weighted by Gasteiger charge is 2.11. The van der Waals surface area contributed by atoms with Crippen molar-refractivity contribution in [2.24, 2.45) is 0 Å². The van der Waals surface area contributed by atoms with Crippen LogP contribution in [0.2, 0.25) is 0 Å². The second kappa shape index (κ2) is 7.31. The van der Waals surface area contributed by atoms with E-state index in [1.54, 1.807) is 25.3 Å². The van der Waals surface area contributed by atoms with E-state index in [2.05, 4.69) is 15.9 Å². The minimum absolute atomic E-state index is 0.104. The lowest BCUT2D eigenvalue weighted by Gasteiger charge is -2.13. The Morgan fingerprint density at radius 2 is 1.76 bits per heavy atom. The van der Waals surface area contributed by atoms with Gasteiger partial charge in [-0.3, -0.25) is 0 Å². The molecule has 0 aliphatic heterocycles. The van der Waals surface area contributed by atoms with Gasteiger partial charge in [0.25, 0.3) is 0 Å². The Labute approximate surface area is 131 Å². The lowest BCUT2D eigenvalue weighted by atomic mass is 10.2. The molecule has 0 aliphatic carbocycles. The second-order valence-electron chi connectivity index (χ2n) is 4.34. The normalized spacial score (nSPS) is 10.3. The SMILES string of the molecule is COc1cc(CBr)ccc1OCc1cccc(OC)c1F. The Morgan fingerprint density at radius 1 is 1.00 bits per heavy atom. The lowest BCUT2D eigenvalue weighted by molar-refractivity contribution is 0.277. The van der Waals surface area contributed by atoms with E-state index in [0.29, 0.717) is 17.1 Å². The molecule has 0 unspecified atom stereocenters. The third kappa shape index (κ3) is 3.67. The van der Waals surface area contributed by atoms with E-state index in [9.17, 15) is 4.39 Å². The van der Waals surface area contributed by atoms with Gasteiger partial charge < -0.3 is 14.2 Å². The zero-order valence-corrected chi connectivity index (χ0v) is 13.4. The molecule has 5 heteroatoms. The Bertz CT molecular complexity index is 616. The van der Waals surface area contributed by atoms with E-state index >= 15 is 0 Å². The summed E-state index contributed by atoms with van der Waals surface area (Å²) in [5, 5.41) is 0.730. The fourth-order valence-electron chi connectivity index (χ4n) is 1.90. The third-order valence-corrected chi connectivity index (χ3v) is 3.68. The molecule has 21 heavy (non-hydrogen) atoms. The number of hydrogen-bond acceptors (Lipinski definition) is 3. The molecular weight excluding hydrogens is 339 g/mol. The predicted octanol–water partition coefficient (Wildman–Crippen LogP) is 4.32. The molecule has 2 aromatic rings. The third-order valence-electron chi connectivity index (χ3n) is 3.03. The zero-order valence-electron chi connectivity index (χ0n) is 11.9. The molecule has 0 N–H and O–H groups in total. The van der Waals surface area contributed by atoms with Gasteiger partial charge in [0.15, 0.2) is 23.1 Å². The summed E-state index contributed by atoms with van der Waals surface area (Å²) < 4.78 is 29.9. The van der Waals surface area contributed by atoms with Gasteiger partial charge in [-0.2, -0.15) is 0 Å². The summed E-state index contributed by atoms with van der Waals surface area (Å²) in [6.07, 6.45) is 0. The topological polar surface area (TPSA) is 27.7 Å². The molecule has 0 amide bonds. The first-order chi connectivity index (χ1) is 10.2. The Morgan fingerprint density at radius 3 is 2.43 bits per heavy atom. The second-order valence-corrected chi connectivity index (χ2v) is 4.90. The Balaban J connectivity index is 2.16. The van der Waals surface area contributed by atoms with E-state index in [1.807, 2.05) is 18.2 Å². The minimum Gasteiger partial charge on any atom is -0.494 e. The van der Waals surface area contributed by atoms with E-state index in [1.165, 1.54) is 7.11 Å². The predicted molar refractivity (Wildman–Crippen MR) is 82.9 cm³/mol. The van der Waals surface area contributed by atoms with Gasteiger partial charge in [0.1, 0.15) is 6.61 Å². The molecule has 0 aromatic heterocycles. The number of alkyl halides is 1. The molecule has 112 valence electrons. The van der Waals surface area contributed by atoms with Gasteiger partial charge in [0.2, 0.25) is 0 Å². The highest BCUT2D eigenvalue weighted by molar-refractivity contribution is 9.08. The first kappa shape index (κ1) is 15.6. The van der Waals surface area contributed by atoms with Gasteiger partial charge in [-0.25, -0.2) is 4.39 Å². The average Bonchev–Trinajstić information content (AvgIpc) is 2.53. The van der Waals surface area contributed by atoms with Gasteiger partial charge in [-0.1, -0.05) is 34.1 Å². The van der Waals surface area contributed by atoms with Crippen LogP contribution in [0.5, 0.6) is 17.2 Å². The fraction of sp³-hybridized carbons (Fsp3) is 0.250. The number of methoxy groups -OCH3 is 2. The largest absolute Gasteiger partial charge is 0.494 e. The molecule has 2 rings (SSSR count). The van der Waals surface area contributed by atoms with Crippen LogP contribution in [0.4, 0.5) is 4.39 Å². The number of hydrogen-bond donors (Lipinski definition) is 0. The van der Waals surface area contributed by atoms with Crippen LogP contribution in [-0.4, -0.2) is 14.2 Å². The summed E-state index contributed by atoms with van der Waals surface area (Å²) in [6, 6.07) is 10.6. The smallest absolute Gasteiger partial charge is 0.171 e. The van der Waals surface area contributed by atoms with Crippen molar-refractivity contribution in [3.63, 3.8) is 0 Å². The van der Waals surface area contributed by atoms with Crippen molar-refractivity contribution in [2.75, 3.05) is 14.2 Å². The Hall–Kier alpha value is -1.75. The van der Waals surface area contributed by atoms with Crippen LogP contribution in [-0.2, 0) is 11.9 Å². The highest BCUT2D eigenvalue weighted by Crippen LogP contribution is 2.30. The Kier molecular flexibility index (Phi) is 5.44. The van der Waals surface area contributed by atoms with Crippen LogP contribution in [0.1, 0.15) is 11.1 Å². The summed E-state index contributed by atoms with van der Waals surface area (Å²) in [4.78, 5) is 0. The highest BCUT2D eigenvalue weighted by atomic mass is 79.9. The van der Waals surface area contributed by atoms with Crippen LogP contribution >= 0.6 is 15.9 Å². The minimum atomic E-state index is -0.406. The summed E-state index contributed by atoms with van der Waals surface area (Å²) in [5.74, 6) is 0.994. The van der Waals surface area contributed by atoms with E-state index in [-0.39, 0.29) is 12.4 Å². The number of ether oxygens (including phenoxy) is 3. The van der Waals surface area contributed by atoms with Crippen LogP contribution in [0, 0.1) is 5.82 Å². The van der Waals surface area contributed by atoms with Crippen molar-refractivity contribution in [3.8, 4) is 17.2 Å². The molecule has 0 saturated heterocycles. The molecule has 0 atom stereocenters. The van der Waals surface area contributed by atoms with Crippen LogP contribution < -0.4 is 14.2 Å². The van der Waals surface area contributed by atoms with Crippen LogP contribution in [0.15, 0.2) is 36.4 Å². The molecular formula is C16H16BrFO3. The summed E-state index contributed by atoms with van der Waals surface area (Å²) in [5.41, 5.74) is 1.51. The molecule has 0 fully saturated rings. The molecule has 0 saturated carbocycles. The van der Waals surface area contributed by atoms with Gasteiger partial charge in [0, 0.05) is 10.9 Å². The number of halogens is 2. The first-order valence-corrected chi connectivity index (χ1v) is 7.48. The van der Waals surface area contributed by atoms with Gasteiger partial charge in [-0.15, -0.1) is 0 Å². The van der Waals surface area contributed by atoms with Gasteiger partial charge >= 0.3 is 0 Å². The van der Waals surface area contributed by atoms with E-state index in [0.717, 1.165) is 10.9 Å². The molecule has 0 heterocycles. The van der Waals surface area contributed by atoms with Crippen molar-refractivity contribution in [2.45, 2.75) is 11.9 Å². The maximum atomic E-state index is 14.0. The molecule has 0 spiro atoms. The van der Waals surface area contributed by atoms with Crippen LogP contribution in [0.25, 0.3) is 0 Å². The number of benzene rings is 2. The molecule has 0 radical (unpaired) electrons. The quantitative estimate of drug-likeness (QED) is 0.723. The number of rotatable bonds is 6. The molecule has 0 aliphatic rings. The summed E-state index contributed by atoms with van der Waals surface area (Å²) >= 11 is 3.39. The van der Waals surface area contributed by atoms with Gasteiger partial charge in [0.05, 0.1) is 14.2 Å².